The Kier molecular flexibility index (Phi) is 4.91. The molecule has 4 rings (SSSR count). The number of rotatable bonds is 5. The van der Waals surface area contributed by atoms with Crippen LogP contribution >= 0.6 is 0 Å². The second-order valence-corrected chi connectivity index (χ2v) is 7.42. The summed E-state index contributed by atoms with van der Waals surface area (Å²) in [5.41, 5.74) is 2.02. The first-order chi connectivity index (χ1) is 13.1. The van der Waals surface area contributed by atoms with Gasteiger partial charge in [-0.3, -0.25) is 4.79 Å². The number of amides is 1. The van der Waals surface area contributed by atoms with Crippen LogP contribution in [0.3, 0.4) is 0 Å². The van der Waals surface area contributed by atoms with E-state index in [1.54, 1.807) is 12.1 Å². The molecule has 1 amide bonds. The van der Waals surface area contributed by atoms with E-state index in [1.807, 2.05) is 12.1 Å². The number of nitrogens with zero attached hydrogens (tertiary/aromatic N) is 1. The minimum atomic E-state index is -0.382. The van der Waals surface area contributed by atoms with Crippen LogP contribution in [0.4, 0.5) is 4.39 Å². The molecule has 0 aliphatic heterocycles. The molecule has 5 heteroatoms. The Balaban J connectivity index is 1.34. The molecule has 2 N–H and O–H groups in total. The van der Waals surface area contributed by atoms with Crippen LogP contribution in [0.1, 0.15) is 53.7 Å². The molecule has 0 unspecified atom stereocenters. The van der Waals surface area contributed by atoms with Crippen molar-refractivity contribution in [2.24, 2.45) is 0 Å². The monoisotopic (exact) mass is 363 g/mol. The summed E-state index contributed by atoms with van der Waals surface area (Å²) in [6.07, 6.45) is 7.15. The van der Waals surface area contributed by atoms with Crippen LogP contribution in [0, 0.1) is 17.7 Å². The Morgan fingerprint density at radius 2 is 1.93 bits per heavy atom. The molecular formula is C22H22FN3O. The number of aromatic nitrogens is 1. The maximum absolute atomic E-state index is 12.8. The van der Waals surface area contributed by atoms with Gasteiger partial charge in [-0.2, -0.15) is 0 Å². The molecule has 4 nitrogen and oxygen atoms in total. The van der Waals surface area contributed by atoms with E-state index in [0.29, 0.717) is 23.8 Å². The van der Waals surface area contributed by atoms with Crippen LogP contribution in [0.2, 0.25) is 0 Å². The fraction of sp³-hybridized carbons (Fsp3) is 0.364. The molecule has 138 valence electrons. The highest BCUT2D eigenvalue weighted by Crippen LogP contribution is 2.35. The van der Waals surface area contributed by atoms with Gasteiger partial charge in [-0.1, -0.05) is 5.92 Å². The zero-order chi connectivity index (χ0) is 18.7. The Bertz CT molecular complexity index is 873. The molecule has 2 aliphatic carbocycles. The van der Waals surface area contributed by atoms with Crippen molar-refractivity contribution in [1.82, 2.24) is 15.6 Å². The summed E-state index contributed by atoms with van der Waals surface area (Å²) in [6.45, 7) is 0.681. The van der Waals surface area contributed by atoms with Crippen molar-refractivity contribution in [2.45, 2.75) is 43.7 Å². The van der Waals surface area contributed by atoms with E-state index in [-0.39, 0.29) is 17.3 Å². The maximum Gasteiger partial charge on any atom is 0.251 e. The highest BCUT2D eigenvalue weighted by Gasteiger charge is 2.41. The third-order valence-electron chi connectivity index (χ3n) is 5.20. The summed E-state index contributed by atoms with van der Waals surface area (Å²) >= 11 is 0. The zero-order valence-corrected chi connectivity index (χ0v) is 15.1. The summed E-state index contributed by atoms with van der Waals surface area (Å²) in [6, 6.07) is 10.7. The van der Waals surface area contributed by atoms with Gasteiger partial charge >= 0.3 is 0 Å². The summed E-state index contributed by atoms with van der Waals surface area (Å²) in [5, 5.41) is 6.77. The number of nitrogens with one attached hydrogen (secondary N) is 2. The Morgan fingerprint density at radius 3 is 2.52 bits per heavy atom. The zero-order valence-electron chi connectivity index (χ0n) is 15.1. The van der Waals surface area contributed by atoms with Crippen molar-refractivity contribution in [1.29, 1.82) is 0 Å². The average Bonchev–Trinajstić information content (AvgIpc) is 3.47. The van der Waals surface area contributed by atoms with Gasteiger partial charge in [-0.05, 0) is 74.4 Å². The smallest absolute Gasteiger partial charge is 0.251 e. The first kappa shape index (κ1) is 17.7. The Hall–Kier alpha value is -2.71. The summed E-state index contributed by atoms with van der Waals surface area (Å²) in [5.74, 6) is 5.42. The third kappa shape index (κ3) is 4.53. The normalized spacial score (nSPS) is 17.4. The molecular weight excluding hydrogens is 341 g/mol. The van der Waals surface area contributed by atoms with Crippen molar-refractivity contribution < 1.29 is 9.18 Å². The first-order valence-electron chi connectivity index (χ1n) is 9.42. The molecule has 0 bridgehead atoms. The molecule has 1 aromatic heterocycles. The minimum Gasteiger partial charge on any atom is -0.350 e. The van der Waals surface area contributed by atoms with Gasteiger partial charge < -0.3 is 10.6 Å². The summed E-state index contributed by atoms with van der Waals surface area (Å²) in [4.78, 5) is 16.3. The molecule has 0 atom stereocenters. The molecule has 27 heavy (non-hydrogen) atoms. The van der Waals surface area contributed by atoms with Gasteiger partial charge in [0.05, 0.1) is 6.20 Å². The lowest BCUT2D eigenvalue weighted by Gasteiger charge is -2.43. The van der Waals surface area contributed by atoms with E-state index in [0.717, 1.165) is 24.6 Å². The minimum absolute atomic E-state index is 0.0569. The van der Waals surface area contributed by atoms with Crippen molar-refractivity contribution in [3.05, 3.63) is 65.2 Å². The summed E-state index contributed by atoms with van der Waals surface area (Å²) < 4.78 is 12.8. The SMILES string of the molecule is O=C(NCC1(NC2CC2)CCC1)c1ccc(C#Cc2ccc(F)cn2)cc1. The van der Waals surface area contributed by atoms with Gasteiger partial charge in [0.1, 0.15) is 11.5 Å². The van der Waals surface area contributed by atoms with Gasteiger partial charge in [0.25, 0.3) is 5.91 Å². The lowest BCUT2D eigenvalue weighted by Crippen LogP contribution is -2.58. The van der Waals surface area contributed by atoms with Crippen LogP contribution in [-0.4, -0.2) is 29.0 Å². The Labute approximate surface area is 158 Å². The predicted molar refractivity (Wildman–Crippen MR) is 102 cm³/mol. The number of halogens is 1. The van der Waals surface area contributed by atoms with Crippen molar-refractivity contribution in [2.75, 3.05) is 6.54 Å². The lowest BCUT2D eigenvalue weighted by atomic mass is 9.76. The van der Waals surface area contributed by atoms with Crippen molar-refractivity contribution in [3.63, 3.8) is 0 Å². The van der Waals surface area contributed by atoms with Crippen LogP contribution in [-0.2, 0) is 0 Å². The largest absolute Gasteiger partial charge is 0.350 e. The van der Waals surface area contributed by atoms with E-state index < -0.39 is 0 Å². The molecule has 1 heterocycles. The molecule has 2 aliphatic rings. The number of hydrogen-bond acceptors (Lipinski definition) is 3. The van der Waals surface area contributed by atoms with Crippen LogP contribution in [0.25, 0.3) is 0 Å². The fourth-order valence-electron chi connectivity index (χ4n) is 3.28. The van der Waals surface area contributed by atoms with Crippen LogP contribution in [0.15, 0.2) is 42.6 Å². The number of benzene rings is 1. The fourth-order valence-corrected chi connectivity index (χ4v) is 3.28. The Morgan fingerprint density at radius 1 is 1.15 bits per heavy atom. The molecule has 2 fully saturated rings. The number of carbonyl (C=O) groups excluding carboxylic acids is 1. The van der Waals surface area contributed by atoms with Crippen LogP contribution < -0.4 is 10.6 Å². The molecule has 0 saturated heterocycles. The van der Waals surface area contributed by atoms with E-state index in [2.05, 4.69) is 27.5 Å². The highest BCUT2D eigenvalue weighted by atomic mass is 19.1. The molecule has 0 radical (unpaired) electrons. The van der Waals surface area contributed by atoms with Crippen LogP contribution in [0.5, 0.6) is 0 Å². The molecule has 0 spiro atoms. The topological polar surface area (TPSA) is 54.0 Å². The predicted octanol–water partition coefficient (Wildman–Crippen LogP) is 3.03. The lowest BCUT2D eigenvalue weighted by molar-refractivity contribution is 0.0911. The van der Waals surface area contributed by atoms with E-state index in [4.69, 9.17) is 0 Å². The number of carbonyl (C=O) groups is 1. The molecule has 1 aromatic carbocycles. The quantitative estimate of drug-likeness (QED) is 0.803. The van der Waals surface area contributed by atoms with E-state index in [9.17, 15) is 9.18 Å². The van der Waals surface area contributed by atoms with Crippen molar-refractivity contribution in [3.8, 4) is 11.8 Å². The maximum atomic E-state index is 12.8. The first-order valence-corrected chi connectivity index (χ1v) is 9.42. The second kappa shape index (κ2) is 7.50. The number of pyridine rings is 1. The highest BCUT2D eigenvalue weighted by molar-refractivity contribution is 5.94. The van der Waals surface area contributed by atoms with Gasteiger partial charge in [0.2, 0.25) is 0 Å². The number of hydrogen-bond donors (Lipinski definition) is 2. The van der Waals surface area contributed by atoms with E-state index in [1.165, 1.54) is 31.4 Å². The van der Waals surface area contributed by atoms with Gasteiger partial charge in [-0.25, -0.2) is 9.37 Å². The van der Waals surface area contributed by atoms with Gasteiger partial charge in [0, 0.05) is 29.3 Å². The van der Waals surface area contributed by atoms with Gasteiger partial charge in [-0.15, -0.1) is 0 Å². The molecule has 2 saturated carbocycles. The standard InChI is InChI=1S/C22H22FN3O/c23-18-7-9-19(24-14-18)8-4-16-2-5-17(6-3-16)21(27)25-15-22(12-1-13-22)26-20-10-11-20/h2-3,5-7,9,14,20,26H,1,10-13,15H2,(H,25,27). The van der Waals surface area contributed by atoms with E-state index >= 15 is 0 Å². The summed E-state index contributed by atoms with van der Waals surface area (Å²) in [7, 11) is 0. The molecule has 2 aromatic rings. The van der Waals surface area contributed by atoms with Gasteiger partial charge in [0.15, 0.2) is 0 Å². The average molecular weight is 363 g/mol. The second-order valence-electron chi connectivity index (χ2n) is 7.42. The van der Waals surface area contributed by atoms with Crippen molar-refractivity contribution >= 4 is 5.91 Å². The third-order valence-corrected chi connectivity index (χ3v) is 5.20.